The van der Waals surface area contributed by atoms with Crippen LogP contribution < -0.4 is 0 Å². The number of nitrogens with zero attached hydrogens (tertiary/aromatic N) is 2. The highest BCUT2D eigenvalue weighted by Gasteiger charge is 2.29. The molecule has 0 aliphatic heterocycles. The summed E-state index contributed by atoms with van der Waals surface area (Å²) in [6.07, 6.45) is 1.43. The summed E-state index contributed by atoms with van der Waals surface area (Å²) >= 11 is 0. The number of nitro benzene ring substituents is 1. The summed E-state index contributed by atoms with van der Waals surface area (Å²) in [6.45, 7) is 5.28. The van der Waals surface area contributed by atoms with Crippen molar-refractivity contribution in [1.82, 2.24) is 0 Å². The Bertz CT molecular complexity index is 1280. The molecule has 8 heteroatoms. The number of aliphatic imine (C=N–C) groups is 1. The Kier molecular flexibility index (Phi) is 9.27. The van der Waals surface area contributed by atoms with Crippen molar-refractivity contribution in [3.63, 3.8) is 0 Å². The van der Waals surface area contributed by atoms with Gasteiger partial charge in [-0.05, 0) is 44.5 Å². The Morgan fingerprint density at radius 2 is 1.45 bits per heavy atom. The van der Waals surface area contributed by atoms with Gasteiger partial charge in [-0.2, -0.15) is 0 Å². The SMILES string of the molecule is COC(=O)/C(=C\c1ccc([N+](=O)[O-])cc1)C[C@H](N=C(c1ccccc1)c1ccccc1)C(=O)OC(C)(C)C. The maximum atomic E-state index is 13.4. The quantitative estimate of drug-likeness (QED) is 0.118. The molecule has 0 aliphatic rings. The zero-order valence-corrected chi connectivity index (χ0v) is 21.8. The fourth-order valence-corrected chi connectivity index (χ4v) is 3.65. The Balaban J connectivity index is 2.11. The van der Waals surface area contributed by atoms with E-state index in [2.05, 4.69) is 0 Å². The van der Waals surface area contributed by atoms with E-state index in [9.17, 15) is 19.7 Å². The number of rotatable bonds is 9. The molecule has 0 heterocycles. The van der Waals surface area contributed by atoms with Crippen LogP contribution >= 0.6 is 0 Å². The van der Waals surface area contributed by atoms with Gasteiger partial charge in [0, 0.05) is 35.3 Å². The van der Waals surface area contributed by atoms with Crippen LogP contribution in [-0.4, -0.2) is 41.3 Å². The van der Waals surface area contributed by atoms with Gasteiger partial charge in [0.05, 0.1) is 17.7 Å². The first-order chi connectivity index (χ1) is 18.1. The largest absolute Gasteiger partial charge is 0.466 e. The van der Waals surface area contributed by atoms with Crippen molar-refractivity contribution < 1.29 is 24.0 Å². The van der Waals surface area contributed by atoms with Crippen LogP contribution in [0.2, 0.25) is 0 Å². The molecule has 0 spiro atoms. The van der Waals surface area contributed by atoms with Crippen LogP contribution in [0, 0.1) is 10.1 Å². The third kappa shape index (κ3) is 7.96. The van der Waals surface area contributed by atoms with E-state index >= 15 is 0 Å². The second-order valence-electron chi connectivity index (χ2n) is 9.47. The minimum atomic E-state index is -1.08. The lowest BCUT2D eigenvalue weighted by atomic mass is 9.99. The maximum Gasteiger partial charge on any atom is 0.333 e. The molecular formula is C30H30N2O6. The summed E-state index contributed by atoms with van der Waals surface area (Å²) in [4.78, 5) is 41.5. The van der Waals surface area contributed by atoms with E-state index in [0.717, 1.165) is 11.1 Å². The number of nitro groups is 1. The summed E-state index contributed by atoms with van der Waals surface area (Å²) in [5, 5.41) is 11.0. The van der Waals surface area contributed by atoms with Gasteiger partial charge in [-0.15, -0.1) is 0 Å². The molecule has 0 aliphatic carbocycles. The molecule has 1 atom stereocenters. The minimum Gasteiger partial charge on any atom is -0.466 e. The lowest BCUT2D eigenvalue weighted by molar-refractivity contribution is -0.384. The molecule has 0 radical (unpaired) electrons. The normalized spacial score (nSPS) is 12.3. The molecule has 0 bridgehead atoms. The average Bonchev–Trinajstić information content (AvgIpc) is 2.90. The summed E-state index contributed by atoms with van der Waals surface area (Å²) in [6, 6.07) is 23.5. The highest BCUT2D eigenvalue weighted by Crippen LogP contribution is 2.22. The van der Waals surface area contributed by atoms with E-state index in [0.29, 0.717) is 11.3 Å². The monoisotopic (exact) mass is 514 g/mol. The van der Waals surface area contributed by atoms with Crippen LogP contribution in [0.1, 0.15) is 43.9 Å². The molecule has 3 aromatic rings. The number of hydrogen-bond donors (Lipinski definition) is 0. The summed E-state index contributed by atoms with van der Waals surface area (Å²) in [5.41, 5.74) is 2.01. The van der Waals surface area contributed by atoms with E-state index < -0.39 is 28.5 Å². The topological polar surface area (TPSA) is 108 Å². The molecule has 0 aromatic heterocycles. The molecule has 0 unspecified atom stereocenters. The lowest BCUT2D eigenvalue weighted by Gasteiger charge is -2.23. The van der Waals surface area contributed by atoms with Gasteiger partial charge in [-0.25, -0.2) is 9.59 Å². The third-order valence-corrected chi connectivity index (χ3v) is 5.36. The van der Waals surface area contributed by atoms with Gasteiger partial charge in [0.1, 0.15) is 5.60 Å². The molecular weight excluding hydrogens is 484 g/mol. The number of esters is 2. The Morgan fingerprint density at radius 3 is 1.89 bits per heavy atom. The van der Waals surface area contributed by atoms with Gasteiger partial charge in [0.2, 0.25) is 0 Å². The van der Waals surface area contributed by atoms with E-state index in [1.165, 1.54) is 37.5 Å². The zero-order valence-electron chi connectivity index (χ0n) is 21.8. The molecule has 8 nitrogen and oxygen atoms in total. The maximum absolute atomic E-state index is 13.4. The third-order valence-electron chi connectivity index (χ3n) is 5.36. The number of methoxy groups -OCH3 is 1. The van der Waals surface area contributed by atoms with Crippen molar-refractivity contribution in [2.24, 2.45) is 4.99 Å². The fourth-order valence-electron chi connectivity index (χ4n) is 3.65. The predicted octanol–water partition coefficient (Wildman–Crippen LogP) is 5.79. The molecule has 0 amide bonds. The van der Waals surface area contributed by atoms with Crippen molar-refractivity contribution in [2.45, 2.75) is 38.8 Å². The van der Waals surface area contributed by atoms with Crippen molar-refractivity contribution >= 4 is 29.4 Å². The number of carbonyl (C=O) groups is 2. The fraction of sp³-hybridized carbons (Fsp3) is 0.233. The number of ether oxygens (including phenoxy) is 2. The van der Waals surface area contributed by atoms with Crippen molar-refractivity contribution in [3.05, 3.63) is 117 Å². The molecule has 0 saturated heterocycles. The minimum absolute atomic E-state index is 0.0756. The summed E-state index contributed by atoms with van der Waals surface area (Å²) < 4.78 is 10.7. The van der Waals surface area contributed by atoms with Gasteiger partial charge in [-0.3, -0.25) is 15.1 Å². The van der Waals surface area contributed by atoms with Crippen molar-refractivity contribution in [2.75, 3.05) is 7.11 Å². The molecule has 196 valence electrons. The van der Waals surface area contributed by atoms with Crippen LogP contribution in [-0.2, 0) is 19.1 Å². The number of benzene rings is 3. The average molecular weight is 515 g/mol. The standard InChI is InChI=1S/C30H30N2O6/c1-30(2,3)38-29(34)26(31-27(22-11-7-5-8-12-22)23-13-9-6-10-14-23)20-24(28(33)37-4)19-21-15-17-25(18-16-21)32(35)36/h5-19,26H,20H2,1-4H3/b24-19-/t26-/m0/s1. The number of non-ortho nitro benzene ring substituents is 1. The van der Waals surface area contributed by atoms with E-state index in [-0.39, 0.29) is 17.7 Å². The Morgan fingerprint density at radius 1 is 0.921 bits per heavy atom. The summed E-state index contributed by atoms with van der Waals surface area (Å²) in [7, 11) is 1.25. The first-order valence-electron chi connectivity index (χ1n) is 12.0. The lowest BCUT2D eigenvalue weighted by Crippen LogP contribution is -2.32. The van der Waals surface area contributed by atoms with Gasteiger partial charge < -0.3 is 9.47 Å². The van der Waals surface area contributed by atoms with Gasteiger partial charge in [0.15, 0.2) is 6.04 Å². The number of hydrogen-bond acceptors (Lipinski definition) is 7. The van der Waals surface area contributed by atoms with Gasteiger partial charge >= 0.3 is 11.9 Å². The zero-order chi connectivity index (χ0) is 27.7. The van der Waals surface area contributed by atoms with E-state index in [1.54, 1.807) is 20.8 Å². The molecule has 0 saturated carbocycles. The van der Waals surface area contributed by atoms with Gasteiger partial charge in [0.25, 0.3) is 5.69 Å². The summed E-state index contributed by atoms with van der Waals surface area (Å²) in [5.74, 6) is -1.24. The molecule has 3 aromatic carbocycles. The first-order valence-corrected chi connectivity index (χ1v) is 12.0. The van der Waals surface area contributed by atoms with Crippen LogP contribution in [0.5, 0.6) is 0 Å². The van der Waals surface area contributed by atoms with Crippen LogP contribution in [0.3, 0.4) is 0 Å². The molecule has 0 N–H and O–H groups in total. The molecule has 0 fully saturated rings. The Labute approximate surface area is 221 Å². The highest BCUT2D eigenvalue weighted by atomic mass is 16.6. The van der Waals surface area contributed by atoms with E-state index in [1.807, 2.05) is 60.7 Å². The van der Waals surface area contributed by atoms with Crippen LogP contribution in [0.25, 0.3) is 6.08 Å². The van der Waals surface area contributed by atoms with Crippen molar-refractivity contribution in [1.29, 1.82) is 0 Å². The smallest absolute Gasteiger partial charge is 0.333 e. The van der Waals surface area contributed by atoms with Crippen LogP contribution in [0.15, 0.2) is 95.5 Å². The number of carbonyl (C=O) groups excluding carboxylic acids is 2. The van der Waals surface area contributed by atoms with Crippen LogP contribution in [0.4, 0.5) is 5.69 Å². The van der Waals surface area contributed by atoms with Gasteiger partial charge in [-0.1, -0.05) is 60.7 Å². The van der Waals surface area contributed by atoms with Crippen molar-refractivity contribution in [3.8, 4) is 0 Å². The first kappa shape index (κ1) is 28.0. The highest BCUT2D eigenvalue weighted by molar-refractivity contribution is 6.13. The van der Waals surface area contributed by atoms with E-state index in [4.69, 9.17) is 14.5 Å². The second-order valence-corrected chi connectivity index (χ2v) is 9.47. The Hall–Kier alpha value is -4.59. The molecule has 3 rings (SSSR count). The second kappa shape index (κ2) is 12.6. The molecule has 38 heavy (non-hydrogen) atoms. The predicted molar refractivity (Wildman–Crippen MR) is 146 cm³/mol.